The zero-order chi connectivity index (χ0) is 19.6. The first-order valence-electron chi connectivity index (χ1n) is 8.50. The van der Waals surface area contributed by atoms with E-state index in [2.05, 4.69) is 15.0 Å². The second-order valence-electron chi connectivity index (χ2n) is 6.41. The molecular formula is C18H23Cl2N5O2S. The number of hydrogen-bond acceptors (Lipinski definition) is 6. The first kappa shape index (κ1) is 22.4. The second kappa shape index (κ2) is 9.56. The largest absolute Gasteiger partial charge is 0.494 e. The number of nitrogens with zero attached hydrogens (tertiary/aromatic N) is 5. The molecule has 0 aliphatic rings. The Hall–Kier alpha value is -1.87. The molecule has 0 aliphatic carbocycles. The predicted molar refractivity (Wildman–Crippen MR) is 116 cm³/mol. The van der Waals surface area contributed by atoms with Crippen LogP contribution in [0.25, 0.3) is 10.2 Å². The number of ether oxygens (including phenoxy) is 1. The van der Waals surface area contributed by atoms with Crippen LogP contribution < -0.4 is 9.64 Å². The molecule has 0 N–H and O–H groups in total. The van der Waals surface area contributed by atoms with Crippen LogP contribution in [0.1, 0.15) is 16.9 Å². The molecule has 0 atom stereocenters. The molecule has 152 valence electrons. The van der Waals surface area contributed by atoms with Crippen molar-refractivity contribution in [1.82, 2.24) is 19.7 Å². The number of aryl methyl sites for hydroxylation is 1. The maximum atomic E-state index is 13.1. The standard InChI is InChI=1S/C18H22ClN5O2S.ClH/c1-22(2)9-5-10-24(17(25)13-8-11-23(3)21-13)18-20-15-14(26-4)7-6-12(19)16(15)27-18;/h6-8,11H,5,9-10H2,1-4H3;1H. The molecule has 1 aromatic carbocycles. The Morgan fingerprint density at radius 3 is 2.64 bits per heavy atom. The van der Waals surface area contributed by atoms with Crippen molar-refractivity contribution >= 4 is 56.6 Å². The molecule has 0 unspecified atom stereocenters. The summed E-state index contributed by atoms with van der Waals surface area (Å²) in [5.74, 6) is 0.457. The molecular weight excluding hydrogens is 421 g/mol. The highest BCUT2D eigenvalue weighted by Crippen LogP contribution is 2.39. The Balaban J connectivity index is 0.00000280. The van der Waals surface area contributed by atoms with Crippen molar-refractivity contribution < 1.29 is 9.53 Å². The van der Waals surface area contributed by atoms with E-state index in [1.165, 1.54) is 11.3 Å². The quantitative estimate of drug-likeness (QED) is 0.556. The summed E-state index contributed by atoms with van der Waals surface area (Å²) in [5, 5.41) is 5.43. The van der Waals surface area contributed by atoms with E-state index in [0.717, 1.165) is 17.7 Å². The molecule has 10 heteroatoms. The number of amides is 1. The molecule has 0 fully saturated rings. The van der Waals surface area contributed by atoms with Crippen LogP contribution in [-0.4, -0.2) is 59.9 Å². The van der Waals surface area contributed by atoms with E-state index in [9.17, 15) is 4.79 Å². The second-order valence-corrected chi connectivity index (χ2v) is 7.80. The average molecular weight is 444 g/mol. The highest BCUT2D eigenvalue weighted by molar-refractivity contribution is 7.23. The van der Waals surface area contributed by atoms with Crippen LogP contribution in [-0.2, 0) is 7.05 Å². The van der Waals surface area contributed by atoms with E-state index < -0.39 is 0 Å². The molecule has 2 heterocycles. The van der Waals surface area contributed by atoms with Crippen LogP contribution in [0.4, 0.5) is 5.13 Å². The van der Waals surface area contributed by atoms with Crippen molar-refractivity contribution in [3.8, 4) is 5.75 Å². The average Bonchev–Trinajstić information content (AvgIpc) is 3.25. The van der Waals surface area contributed by atoms with Crippen molar-refractivity contribution in [3.63, 3.8) is 0 Å². The number of benzene rings is 1. The number of hydrogen-bond donors (Lipinski definition) is 0. The molecule has 1 amide bonds. The Kier molecular flexibility index (Phi) is 7.65. The summed E-state index contributed by atoms with van der Waals surface area (Å²) in [4.78, 5) is 21.5. The van der Waals surface area contributed by atoms with E-state index in [0.29, 0.717) is 33.7 Å². The van der Waals surface area contributed by atoms with Gasteiger partial charge in [-0.2, -0.15) is 5.10 Å². The predicted octanol–water partition coefficient (Wildman–Crippen LogP) is 3.71. The lowest BCUT2D eigenvalue weighted by molar-refractivity contribution is 0.0980. The summed E-state index contributed by atoms with van der Waals surface area (Å²) < 4.78 is 7.81. The van der Waals surface area contributed by atoms with Gasteiger partial charge in [0, 0.05) is 19.8 Å². The number of anilines is 1. The highest BCUT2D eigenvalue weighted by Gasteiger charge is 2.24. The van der Waals surface area contributed by atoms with E-state index in [4.69, 9.17) is 16.3 Å². The first-order chi connectivity index (χ1) is 12.9. The van der Waals surface area contributed by atoms with Gasteiger partial charge >= 0.3 is 0 Å². The Morgan fingerprint density at radius 1 is 1.29 bits per heavy atom. The fourth-order valence-electron chi connectivity index (χ4n) is 2.72. The van der Waals surface area contributed by atoms with Gasteiger partial charge in [0.1, 0.15) is 11.3 Å². The van der Waals surface area contributed by atoms with Crippen molar-refractivity contribution in [3.05, 3.63) is 35.1 Å². The first-order valence-corrected chi connectivity index (χ1v) is 9.69. The lowest BCUT2D eigenvalue weighted by Crippen LogP contribution is -2.33. The minimum absolute atomic E-state index is 0. The van der Waals surface area contributed by atoms with Crippen LogP contribution in [0.2, 0.25) is 5.02 Å². The van der Waals surface area contributed by atoms with Gasteiger partial charge in [-0.3, -0.25) is 14.4 Å². The van der Waals surface area contributed by atoms with Gasteiger partial charge in [0.15, 0.2) is 10.8 Å². The molecule has 7 nitrogen and oxygen atoms in total. The minimum Gasteiger partial charge on any atom is -0.494 e. The molecule has 0 spiro atoms. The van der Waals surface area contributed by atoms with Crippen LogP contribution >= 0.6 is 35.3 Å². The van der Waals surface area contributed by atoms with Crippen LogP contribution in [0.5, 0.6) is 5.75 Å². The molecule has 2 aromatic heterocycles. The summed E-state index contributed by atoms with van der Waals surface area (Å²) in [6.07, 6.45) is 2.57. The number of aromatic nitrogens is 3. The maximum Gasteiger partial charge on any atom is 0.280 e. The number of carbonyl (C=O) groups is 1. The zero-order valence-electron chi connectivity index (χ0n) is 16.2. The highest BCUT2D eigenvalue weighted by atomic mass is 35.5. The van der Waals surface area contributed by atoms with Crippen LogP contribution in [0, 0.1) is 0 Å². The molecule has 3 rings (SSSR count). The molecule has 0 radical (unpaired) electrons. The third-order valence-corrected chi connectivity index (χ3v) is 5.60. The van der Waals surface area contributed by atoms with Crippen LogP contribution in [0.3, 0.4) is 0 Å². The van der Waals surface area contributed by atoms with Crippen molar-refractivity contribution in [2.24, 2.45) is 7.05 Å². The Bertz CT molecular complexity index is 957. The maximum absolute atomic E-state index is 13.1. The summed E-state index contributed by atoms with van der Waals surface area (Å²) in [6.45, 7) is 1.40. The number of fused-ring (bicyclic) bond motifs is 1. The SMILES string of the molecule is COc1ccc(Cl)c2sc(N(CCCN(C)C)C(=O)c3ccn(C)n3)nc12.Cl. The summed E-state index contributed by atoms with van der Waals surface area (Å²) in [5.41, 5.74) is 1.05. The fraction of sp³-hybridized carbons (Fsp3) is 0.389. The molecule has 3 aromatic rings. The van der Waals surface area contributed by atoms with Gasteiger partial charge in [-0.1, -0.05) is 22.9 Å². The van der Waals surface area contributed by atoms with Gasteiger partial charge in [0.25, 0.3) is 5.91 Å². The van der Waals surface area contributed by atoms with Gasteiger partial charge < -0.3 is 9.64 Å². The smallest absolute Gasteiger partial charge is 0.280 e. The third kappa shape index (κ3) is 4.75. The third-order valence-electron chi connectivity index (χ3n) is 4.06. The number of methoxy groups -OCH3 is 1. The number of thiazole rings is 1. The molecule has 28 heavy (non-hydrogen) atoms. The van der Waals surface area contributed by atoms with Crippen molar-refractivity contribution in [2.45, 2.75) is 6.42 Å². The fourth-order valence-corrected chi connectivity index (χ4v) is 4.00. The van der Waals surface area contributed by atoms with Gasteiger partial charge in [0.2, 0.25) is 0 Å². The van der Waals surface area contributed by atoms with Crippen molar-refractivity contribution in [1.29, 1.82) is 0 Å². The minimum atomic E-state index is -0.177. The number of rotatable bonds is 7. The van der Waals surface area contributed by atoms with Crippen molar-refractivity contribution in [2.75, 3.05) is 39.2 Å². The molecule has 0 saturated carbocycles. The lowest BCUT2D eigenvalue weighted by Gasteiger charge is -2.20. The molecule has 0 saturated heterocycles. The van der Waals surface area contributed by atoms with Gasteiger partial charge in [-0.25, -0.2) is 4.98 Å². The zero-order valence-corrected chi connectivity index (χ0v) is 18.6. The molecule has 0 bridgehead atoms. The van der Waals surface area contributed by atoms with E-state index in [-0.39, 0.29) is 18.3 Å². The normalized spacial score (nSPS) is 10.9. The number of halogens is 2. The molecule has 0 aliphatic heterocycles. The van der Waals surface area contributed by atoms with Gasteiger partial charge in [-0.15, -0.1) is 12.4 Å². The summed E-state index contributed by atoms with van der Waals surface area (Å²) in [6, 6.07) is 5.27. The lowest BCUT2D eigenvalue weighted by atomic mass is 10.3. The summed E-state index contributed by atoms with van der Waals surface area (Å²) >= 11 is 7.72. The topological polar surface area (TPSA) is 63.5 Å². The monoisotopic (exact) mass is 443 g/mol. The van der Waals surface area contributed by atoms with E-state index >= 15 is 0 Å². The van der Waals surface area contributed by atoms with E-state index in [1.807, 2.05) is 14.1 Å². The Morgan fingerprint density at radius 2 is 2.04 bits per heavy atom. The van der Waals surface area contributed by atoms with Gasteiger partial charge in [0.05, 0.1) is 16.8 Å². The van der Waals surface area contributed by atoms with Crippen LogP contribution in [0.15, 0.2) is 24.4 Å². The van der Waals surface area contributed by atoms with E-state index in [1.54, 1.807) is 48.1 Å². The van der Waals surface area contributed by atoms with Gasteiger partial charge in [-0.05, 0) is 45.3 Å². The number of carbonyl (C=O) groups excluding carboxylic acids is 1. The summed E-state index contributed by atoms with van der Waals surface area (Å²) in [7, 11) is 7.39. The Labute approximate surface area is 179 Å².